The summed E-state index contributed by atoms with van der Waals surface area (Å²) in [5.74, 6) is 0.238. The quantitative estimate of drug-likeness (QED) is 0.918. The number of carbonyl (C=O) groups is 1. The van der Waals surface area contributed by atoms with Crippen molar-refractivity contribution in [1.82, 2.24) is 5.32 Å². The summed E-state index contributed by atoms with van der Waals surface area (Å²) in [7, 11) is 0. The van der Waals surface area contributed by atoms with E-state index in [9.17, 15) is 10.1 Å². The summed E-state index contributed by atoms with van der Waals surface area (Å²) >= 11 is 0. The van der Waals surface area contributed by atoms with E-state index in [0.717, 1.165) is 19.3 Å². The van der Waals surface area contributed by atoms with Crippen LogP contribution in [0.3, 0.4) is 0 Å². The van der Waals surface area contributed by atoms with Gasteiger partial charge in [0.25, 0.3) is 5.91 Å². The van der Waals surface area contributed by atoms with Crippen molar-refractivity contribution in [3.8, 4) is 17.9 Å². The molecule has 108 valence electrons. The molecule has 0 bridgehead atoms. The first-order valence-electron chi connectivity index (χ1n) is 7.03. The van der Waals surface area contributed by atoms with Crippen LogP contribution >= 0.6 is 0 Å². The molecule has 1 aliphatic rings. The lowest BCUT2D eigenvalue weighted by molar-refractivity contribution is -0.124. The first-order chi connectivity index (χ1) is 10.2. The lowest BCUT2D eigenvalue weighted by atomic mass is 9.83. The molecule has 0 heterocycles. The summed E-state index contributed by atoms with van der Waals surface area (Å²) in [5, 5.41) is 20.8. The molecule has 1 amide bonds. The maximum Gasteiger partial charge on any atom is 0.259 e. The van der Waals surface area contributed by atoms with Gasteiger partial charge in [0.15, 0.2) is 6.61 Å². The van der Waals surface area contributed by atoms with Crippen LogP contribution in [0.4, 0.5) is 0 Å². The number of nitrogens with one attached hydrogen (secondary N) is 1. The van der Waals surface area contributed by atoms with Gasteiger partial charge in [0, 0.05) is 0 Å². The molecule has 21 heavy (non-hydrogen) atoms. The number of hydrogen-bond donors (Lipinski definition) is 1. The van der Waals surface area contributed by atoms with Crippen molar-refractivity contribution in [3.63, 3.8) is 0 Å². The number of ether oxygens (including phenoxy) is 1. The van der Waals surface area contributed by atoms with E-state index < -0.39 is 5.54 Å². The lowest BCUT2D eigenvalue weighted by Gasteiger charge is -2.31. The van der Waals surface area contributed by atoms with Crippen molar-refractivity contribution >= 4 is 5.91 Å². The van der Waals surface area contributed by atoms with Crippen LogP contribution in [-0.2, 0) is 4.79 Å². The second kappa shape index (κ2) is 6.76. The fourth-order valence-corrected chi connectivity index (χ4v) is 2.50. The zero-order chi connectivity index (χ0) is 15.1. The van der Waals surface area contributed by atoms with E-state index in [-0.39, 0.29) is 12.5 Å². The maximum absolute atomic E-state index is 11.9. The van der Waals surface area contributed by atoms with Gasteiger partial charge in [-0.3, -0.25) is 4.79 Å². The molecule has 0 spiro atoms. The van der Waals surface area contributed by atoms with Crippen molar-refractivity contribution in [2.75, 3.05) is 6.61 Å². The summed E-state index contributed by atoms with van der Waals surface area (Å²) in [6.07, 6.45) is 4.44. The highest BCUT2D eigenvalue weighted by Crippen LogP contribution is 2.27. The summed E-state index contributed by atoms with van der Waals surface area (Å²) in [4.78, 5) is 11.9. The van der Waals surface area contributed by atoms with Crippen molar-refractivity contribution in [2.24, 2.45) is 0 Å². The molecular formula is C16H17N3O2. The fraction of sp³-hybridized carbons (Fsp3) is 0.438. The van der Waals surface area contributed by atoms with Crippen LogP contribution in [0, 0.1) is 22.7 Å². The molecular weight excluding hydrogens is 266 g/mol. The lowest BCUT2D eigenvalue weighted by Crippen LogP contribution is -2.50. The van der Waals surface area contributed by atoms with Crippen LogP contribution in [0.2, 0.25) is 0 Å². The highest BCUT2D eigenvalue weighted by Gasteiger charge is 2.33. The number of benzene rings is 1. The van der Waals surface area contributed by atoms with Gasteiger partial charge in [-0.2, -0.15) is 10.5 Å². The molecule has 5 nitrogen and oxygen atoms in total. The molecule has 1 saturated carbocycles. The first kappa shape index (κ1) is 14.9. The number of rotatable bonds is 4. The van der Waals surface area contributed by atoms with Gasteiger partial charge in [0.1, 0.15) is 11.3 Å². The molecule has 0 saturated heterocycles. The van der Waals surface area contributed by atoms with E-state index in [1.165, 1.54) is 0 Å². The minimum Gasteiger partial charge on any atom is -0.484 e. The molecule has 1 aliphatic carbocycles. The predicted molar refractivity (Wildman–Crippen MR) is 76.2 cm³/mol. The van der Waals surface area contributed by atoms with Crippen LogP contribution in [0.5, 0.6) is 5.75 Å². The number of nitriles is 2. The summed E-state index contributed by atoms with van der Waals surface area (Å²) in [5.41, 5.74) is -0.193. The number of nitrogens with zero attached hydrogens (tertiary/aromatic N) is 2. The summed E-state index contributed by atoms with van der Waals surface area (Å²) < 4.78 is 5.37. The minimum atomic E-state index is -0.733. The van der Waals surface area contributed by atoms with Gasteiger partial charge in [-0.25, -0.2) is 0 Å². The van der Waals surface area contributed by atoms with Gasteiger partial charge in [0.05, 0.1) is 17.7 Å². The van der Waals surface area contributed by atoms with Crippen LogP contribution in [0.1, 0.15) is 37.7 Å². The minimum absolute atomic E-state index is 0.130. The molecule has 1 aromatic carbocycles. The topological polar surface area (TPSA) is 85.9 Å². The molecule has 5 heteroatoms. The van der Waals surface area contributed by atoms with Gasteiger partial charge in [0.2, 0.25) is 0 Å². The standard InChI is InChI=1S/C16H17N3O2/c17-10-13-4-6-14(7-5-13)21-11-15(20)19-16(12-18)8-2-1-3-9-16/h4-7H,1-3,8-9,11H2,(H,19,20). The second-order valence-electron chi connectivity index (χ2n) is 5.23. The highest BCUT2D eigenvalue weighted by atomic mass is 16.5. The Bertz CT molecular complexity index is 575. The van der Waals surface area contributed by atoms with Crippen molar-refractivity contribution in [3.05, 3.63) is 29.8 Å². The van der Waals surface area contributed by atoms with E-state index in [2.05, 4.69) is 11.4 Å². The Balaban J connectivity index is 1.86. The third-order valence-electron chi connectivity index (χ3n) is 3.65. The van der Waals surface area contributed by atoms with Crippen LogP contribution in [0.25, 0.3) is 0 Å². The van der Waals surface area contributed by atoms with Crippen LogP contribution in [-0.4, -0.2) is 18.1 Å². The Hall–Kier alpha value is -2.53. The smallest absolute Gasteiger partial charge is 0.259 e. The molecule has 1 fully saturated rings. The summed E-state index contributed by atoms with van der Waals surface area (Å²) in [6, 6.07) is 10.8. The molecule has 2 rings (SSSR count). The molecule has 1 aromatic rings. The molecule has 0 atom stereocenters. The van der Waals surface area contributed by atoms with Crippen molar-refractivity contribution in [1.29, 1.82) is 10.5 Å². The van der Waals surface area contributed by atoms with Gasteiger partial charge in [-0.05, 0) is 37.1 Å². The average molecular weight is 283 g/mol. The van der Waals surface area contributed by atoms with Crippen LogP contribution < -0.4 is 10.1 Å². The SMILES string of the molecule is N#Cc1ccc(OCC(=O)NC2(C#N)CCCCC2)cc1. The zero-order valence-electron chi connectivity index (χ0n) is 11.8. The molecule has 0 aromatic heterocycles. The Morgan fingerprint density at radius 1 is 1.19 bits per heavy atom. The normalized spacial score (nSPS) is 16.3. The monoisotopic (exact) mass is 283 g/mol. The predicted octanol–water partition coefficient (Wildman–Crippen LogP) is 2.28. The molecule has 0 aliphatic heterocycles. The number of amides is 1. The average Bonchev–Trinajstić information content (AvgIpc) is 2.54. The molecule has 1 N–H and O–H groups in total. The highest BCUT2D eigenvalue weighted by molar-refractivity contribution is 5.78. The molecule has 0 radical (unpaired) electrons. The van der Waals surface area contributed by atoms with Crippen molar-refractivity contribution < 1.29 is 9.53 Å². The second-order valence-corrected chi connectivity index (χ2v) is 5.23. The van der Waals surface area contributed by atoms with E-state index in [1.807, 2.05) is 6.07 Å². The van der Waals surface area contributed by atoms with E-state index in [1.54, 1.807) is 24.3 Å². The fourth-order valence-electron chi connectivity index (χ4n) is 2.50. The Morgan fingerprint density at radius 2 is 1.86 bits per heavy atom. The number of carbonyl (C=O) groups excluding carboxylic acids is 1. The zero-order valence-corrected chi connectivity index (χ0v) is 11.8. The maximum atomic E-state index is 11.9. The van der Waals surface area contributed by atoms with E-state index in [4.69, 9.17) is 10.00 Å². The van der Waals surface area contributed by atoms with Crippen LogP contribution in [0.15, 0.2) is 24.3 Å². The largest absolute Gasteiger partial charge is 0.484 e. The van der Waals surface area contributed by atoms with E-state index in [0.29, 0.717) is 24.2 Å². The molecule has 0 unspecified atom stereocenters. The first-order valence-corrected chi connectivity index (χ1v) is 7.03. The third-order valence-corrected chi connectivity index (χ3v) is 3.65. The summed E-state index contributed by atoms with van der Waals surface area (Å²) in [6.45, 7) is -0.130. The van der Waals surface area contributed by atoms with Crippen molar-refractivity contribution in [2.45, 2.75) is 37.6 Å². The Labute approximate surface area is 124 Å². The Kier molecular flexibility index (Phi) is 4.79. The van der Waals surface area contributed by atoms with Gasteiger partial charge >= 0.3 is 0 Å². The van der Waals surface area contributed by atoms with Gasteiger partial charge in [-0.1, -0.05) is 19.3 Å². The number of hydrogen-bond acceptors (Lipinski definition) is 4. The van der Waals surface area contributed by atoms with Gasteiger partial charge in [-0.15, -0.1) is 0 Å². The Morgan fingerprint density at radius 3 is 2.43 bits per heavy atom. The third kappa shape index (κ3) is 3.97. The van der Waals surface area contributed by atoms with E-state index >= 15 is 0 Å². The van der Waals surface area contributed by atoms with Gasteiger partial charge < -0.3 is 10.1 Å².